The summed E-state index contributed by atoms with van der Waals surface area (Å²) < 4.78 is 6.07. The molecule has 0 spiro atoms. The van der Waals surface area contributed by atoms with Crippen molar-refractivity contribution in [3.05, 3.63) is 108 Å². The Bertz CT molecular complexity index is 2950. The molecule has 1 aromatic heterocycles. The molecule has 4 heterocycles. The van der Waals surface area contributed by atoms with Crippen molar-refractivity contribution in [3.8, 4) is 5.75 Å². The number of fused-ring (bicyclic) bond motifs is 4. The van der Waals surface area contributed by atoms with Crippen LogP contribution in [0.1, 0.15) is 64.9 Å². The summed E-state index contributed by atoms with van der Waals surface area (Å²) in [7, 11) is 2.02. The lowest BCUT2D eigenvalue weighted by atomic mass is 10.0. The number of imide groups is 1. The van der Waals surface area contributed by atoms with E-state index in [-0.39, 0.29) is 61.6 Å². The number of rotatable bonds is 21. The molecule has 1 fully saturated rings. The van der Waals surface area contributed by atoms with Gasteiger partial charge in [0.1, 0.15) is 11.4 Å². The number of nitrogens with zero attached hydrogens (tertiary/aromatic N) is 4. The van der Waals surface area contributed by atoms with Gasteiger partial charge in [-0.15, -0.1) is 0 Å². The van der Waals surface area contributed by atoms with Crippen LogP contribution >= 0.6 is 15.9 Å². The van der Waals surface area contributed by atoms with E-state index in [1.54, 1.807) is 64.4 Å². The average Bonchev–Trinajstić information content (AvgIpc) is 4.09. The molecule has 8 N–H and O–H groups in total. The van der Waals surface area contributed by atoms with Crippen LogP contribution in [-0.4, -0.2) is 144 Å². The number of H-pyrrole nitrogens is 1. The maximum Gasteiger partial charge on any atom is 0.415 e. The molecule has 21 heteroatoms. The SMILES string of the molecule is CN1CCN(C(=O)Oc2cc3c(c4ccccc24)C[C@@H](CBr)N3C(=O)c2cc3cc(NC(=O)c4ccc(NC(=O)[C@H](CCCNC(N)=O)NCCNC(=O)CCCCCN5C(=O)C=CC5=O)cc4)ccc3[nH]2)CC1. The lowest BCUT2D eigenvalue weighted by Crippen LogP contribution is -2.48. The number of nitrogens with two attached hydrogens (primary N) is 1. The number of aromatic amines is 1. The molecule has 5 aromatic rings. The molecule has 9 amide bonds. The number of amides is 9. The fourth-order valence-electron chi connectivity index (χ4n) is 9.33. The molecule has 8 rings (SSSR count). The molecule has 3 aliphatic rings. The normalized spacial score (nSPS) is 15.9. The van der Waals surface area contributed by atoms with Gasteiger partial charge in [-0.1, -0.05) is 46.6 Å². The number of halogens is 1. The van der Waals surface area contributed by atoms with Crippen molar-refractivity contribution in [1.29, 1.82) is 0 Å². The number of hydrogen-bond donors (Lipinski definition) is 7. The van der Waals surface area contributed by atoms with Gasteiger partial charge in [-0.05, 0) is 98.6 Å². The van der Waals surface area contributed by atoms with Crippen molar-refractivity contribution in [1.82, 2.24) is 35.6 Å². The lowest BCUT2D eigenvalue weighted by Gasteiger charge is -2.31. The fourth-order valence-corrected chi connectivity index (χ4v) is 9.85. The Hall–Kier alpha value is -7.62. The van der Waals surface area contributed by atoms with Gasteiger partial charge in [-0.3, -0.25) is 33.7 Å². The summed E-state index contributed by atoms with van der Waals surface area (Å²) in [6.45, 7) is 3.74. The van der Waals surface area contributed by atoms with Gasteiger partial charge >= 0.3 is 12.1 Å². The summed E-state index contributed by atoms with van der Waals surface area (Å²) in [5.74, 6) is -1.42. The number of carbonyl (C=O) groups excluding carboxylic acids is 8. The van der Waals surface area contributed by atoms with E-state index in [0.29, 0.717) is 108 Å². The second kappa shape index (κ2) is 24.4. The van der Waals surface area contributed by atoms with Crippen LogP contribution < -0.4 is 42.0 Å². The standard InChI is InChI=1S/C53H60BrN11O9/c1-62-24-26-63(27-25-62)53(73)74-45-31-44-40(38-8-4-5-9-39(38)45)30-37(32-54)65(44)51(71)43-29-34-28-36(16-17-41(34)61-43)60-49(69)33-12-14-35(15-13-33)59-50(70)42(10-7-20-58-52(55)72)56-21-22-57-46(66)11-3-2-6-23-64-47(67)18-19-48(64)68/h4-5,8-9,12-19,28-29,31,37,42,56,61H,2-3,6-7,10-11,20-27,30,32H2,1H3,(H,57,66)(H,59,70)(H,60,69)(H3,55,58,72)/t37-,42-/m0/s1. The first-order chi connectivity index (χ1) is 35.8. The first kappa shape index (κ1) is 52.7. The first-order valence-electron chi connectivity index (χ1n) is 24.8. The van der Waals surface area contributed by atoms with Gasteiger partial charge in [0.2, 0.25) is 11.8 Å². The molecular formula is C53H60BrN11O9. The van der Waals surface area contributed by atoms with E-state index in [4.69, 9.17) is 10.5 Å². The highest BCUT2D eigenvalue weighted by molar-refractivity contribution is 9.09. The quantitative estimate of drug-likeness (QED) is 0.0284. The van der Waals surface area contributed by atoms with Gasteiger partial charge in [0.15, 0.2) is 0 Å². The Morgan fingerprint density at radius 3 is 2.26 bits per heavy atom. The zero-order valence-corrected chi connectivity index (χ0v) is 42.6. The third-order valence-electron chi connectivity index (χ3n) is 13.3. The van der Waals surface area contributed by atoms with Crippen LogP contribution in [0.3, 0.4) is 0 Å². The molecule has 0 saturated carbocycles. The molecule has 4 aromatic carbocycles. The fraction of sp³-hybridized carbons (Fsp3) is 0.358. The van der Waals surface area contributed by atoms with Crippen LogP contribution in [0, 0.1) is 0 Å². The number of carbonyl (C=O) groups is 8. The molecule has 0 bridgehead atoms. The highest BCUT2D eigenvalue weighted by Crippen LogP contribution is 2.43. The second-order valence-electron chi connectivity index (χ2n) is 18.5. The number of urea groups is 1. The van der Waals surface area contributed by atoms with Crippen molar-refractivity contribution in [2.45, 2.75) is 57.0 Å². The molecular weight excluding hydrogens is 1010 g/mol. The molecule has 388 valence electrons. The highest BCUT2D eigenvalue weighted by atomic mass is 79.9. The van der Waals surface area contributed by atoms with Crippen LogP contribution in [0.2, 0.25) is 0 Å². The topological polar surface area (TPSA) is 261 Å². The minimum absolute atomic E-state index is 0.162. The zero-order chi connectivity index (χ0) is 52.3. The first-order valence-corrected chi connectivity index (χ1v) is 25.9. The number of anilines is 3. The number of benzene rings is 4. The number of alkyl halides is 1. The summed E-state index contributed by atoms with van der Waals surface area (Å²) in [6.07, 6.45) is 5.58. The maximum absolute atomic E-state index is 14.5. The van der Waals surface area contributed by atoms with E-state index in [9.17, 15) is 38.4 Å². The van der Waals surface area contributed by atoms with Gasteiger partial charge in [0.05, 0.1) is 17.8 Å². The molecule has 2 atom stereocenters. The van der Waals surface area contributed by atoms with E-state index < -0.39 is 24.1 Å². The van der Waals surface area contributed by atoms with E-state index >= 15 is 0 Å². The number of likely N-dealkylation sites (N-methyl/N-ethyl adjacent to an activating group) is 1. The van der Waals surface area contributed by atoms with E-state index in [1.807, 2.05) is 31.3 Å². The predicted molar refractivity (Wildman–Crippen MR) is 284 cm³/mol. The lowest BCUT2D eigenvalue weighted by molar-refractivity contribution is -0.137. The summed E-state index contributed by atoms with van der Waals surface area (Å²) in [5, 5.41) is 17.3. The Kier molecular flexibility index (Phi) is 17.4. The zero-order valence-electron chi connectivity index (χ0n) is 41.0. The summed E-state index contributed by atoms with van der Waals surface area (Å²) >= 11 is 3.65. The third kappa shape index (κ3) is 12.9. The van der Waals surface area contributed by atoms with Crippen molar-refractivity contribution in [3.63, 3.8) is 0 Å². The summed E-state index contributed by atoms with van der Waals surface area (Å²) in [6, 6.07) is 21.5. The second-order valence-corrected chi connectivity index (χ2v) is 19.2. The number of ether oxygens (including phenoxy) is 1. The molecule has 1 saturated heterocycles. The number of piperazine rings is 1. The Morgan fingerprint density at radius 1 is 0.797 bits per heavy atom. The predicted octanol–water partition coefficient (Wildman–Crippen LogP) is 5.23. The summed E-state index contributed by atoms with van der Waals surface area (Å²) in [5.41, 5.74) is 9.20. The van der Waals surface area contributed by atoms with Gasteiger partial charge in [-0.25, -0.2) is 9.59 Å². The van der Waals surface area contributed by atoms with Crippen molar-refractivity contribution in [2.24, 2.45) is 5.73 Å². The van der Waals surface area contributed by atoms with Gasteiger partial charge < -0.3 is 56.7 Å². The van der Waals surface area contributed by atoms with Crippen molar-refractivity contribution in [2.75, 3.05) is 80.3 Å². The number of primary amides is 1. The van der Waals surface area contributed by atoms with Crippen LogP contribution in [-0.2, 0) is 25.6 Å². The Balaban J connectivity index is 0.854. The molecule has 3 aliphatic heterocycles. The third-order valence-corrected chi connectivity index (χ3v) is 14.1. The minimum atomic E-state index is -0.691. The molecule has 0 radical (unpaired) electrons. The highest BCUT2D eigenvalue weighted by Gasteiger charge is 2.37. The van der Waals surface area contributed by atoms with Crippen LogP contribution in [0.15, 0.2) is 91.0 Å². The van der Waals surface area contributed by atoms with Gasteiger partial charge in [0, 0.05) is 116 Å². The Morgan fingerprint density at radius 2 is 1.53 bits per heavy atom. The largest absolute Gasteiger partial charge is 0.415 e. The van der Waals surface area contributed by atoms with Gasteiger partial charge in [-0.2, -0.15) is 0 Å². The van der Waals surface area contributed by atoms with E-state index in [2.05, 4.69) is 52.4 Å². The Labute approximate surface area is 435 Å². The molecule has 20 nitrogen and oxygen atoms in total. The number of aromatic nitrogens is 1. The molecule has 74 heavy (non-hydrogen) atoms. The summed E-state index contributed by atoms with van der Waals surface area (Å²) in [4.78, 5) is 112. The number of hydrogen-bond acceptors (Lipinski definition) is 11. The number of nitrogens with one attached hydrogen (secondary N) is 6. The van der Waals surface area contributed by atoms with Crippen LogP contribution in [0.4, 0.5) is 26.7 Å². The van der Waals surface area contributed by atoms with Crippen molar-refractivity contribution >= 4 is 102 Å². The van der Waals surface area contributed by atoms with E-state index in [0.717, 1.165) is 29.4 Å². The van der Waals surface area contributed by atoms with Gasteiger partial charge in [0.25, 0.3) is 23.6 Å². The molecule has 0 unspecified atom stereocenters. The van der Waals surface area contributed by atoms with E-state index in [1.165, 1.54) is 17.1 Å². The van der Waals surface area contributed by atoms with Crippen molar-refractivity contribution < 1.29 is 43.1 Å². The van der Waals surface area contributed by atoms with Crippen LogP contribution in [0.25, 0.3) is 21.7 Å². The molecule has 0 aliphatic carbocycles. The minimum Gasteiger partial charge on any atom is -0.409 e. The number of unbranched alkanes of at least 4 members (excludes halogenated alkanes) is 2. The monoisotopic (exact) mass is 1070 g/mol. The average molecular weight is 1080 g/mol. The smallest absolute Gasteiger partial charge is 0.409 e. The van der Waals surface area contributed by atoms with Crippen LogP contribution in [0.5, 0.6) is 5.75 Å². The maximum atomic E-state index is 14.5.